The van der Waals surface area contributed by atoms with Gasteiger partial charge >= 0.3 is 0 Å². The molecule has 0 unspecified atom stereocenters. The van der Waals surface area contributed by atoms with Gasteiger partial charge in [-0.15, -0.1) is 0 Å². The molecule has 2 fully saturated rings. The Morgan fingerprint density at radius 2 is 2.12 bits per heavy atom. The molecule has 0 aromatic carbocycles. The molecule has 1 nitrogen and oxygen atoms in total. The quantitative estimate of drug-likeness (QED) is 0.572. The van der Waals surface area contributed by atoms with Gasteiger partial charge < -0.3 is 5.32 Å². The number of allylic oxidation sites excluding steroid dienone is 1. The monoisotopic (exact) mass is 235 g/mol. The molecule has 2 saturated carbocycles. The molecule has 2 aliphatic carbocycles. The van der Waals surface area contributed by atoms with Crippen molar-refractivity contribution in [3.05, 3.63) is 19.2 Å². The summed E-state index contributed by atoms with van der Waals surface area (Å²) < 4.78 is 0. The van der Waals surface area contributed by atoms with Crippen molar-refractivity contribution in [3.63, 3.8) is 0 Å². The molecule has 0 amide bonds. The van der Waals surface area contributed by atoms with Crippen molar-refractivity contribution in [1.82, 2.24) is 0 Å². The Bertz CT molecular complexity index is 294. The van der Waals surface area contributed by atoms with Crippen LogP contribution < -0.4 is 5.32 Å². The van der Waals surface area contributed by atoms with Crippen LogP contribution in [0.15, 0.2) is 12.2 Å². The molecule has 0 spiro atoms. The molecule has 0 aromatic heterocycles. The molecular formula is C16H29N. The van der Waals surface area contributed by atoms with Gasteiger partial charge in [0.25, 0.3) is 0 Å². The fourth-order valence-electron chi connectivity index (χ4n) is 4.64. The van der Waals surface area contributed by atoms with E-state index in [-0.39, 0.29) is 0 Å². The Morgan fingerprint density at radius 3 is 2.71 bits per heavy atom. The maximum Gasteiger partial charge on any atom is 0.0677 e. The lowest BCUT2D eigenvalue weighted by atomic mass is 9.64. The summed E-state index contributed by atoms with van der Waals surface area (Å²) in [6.45, 7) is 11.6. The first-order chi connectivity index (χ1) is 7.99. The summed E-state index contributed by atoms with van der Waals surface area (Å²) in [6.07, 6.45) is 6.82. The third-order valence-corrected chi connectivity index (χ3v) is 5.45. The molecule has 0 saturated heterocycles. The lowest BCUT2D eigenvalue weighted by Crippen LogP contribution is -2.87. The second kappa shape index (κ2) is 4.76. The van der Waals surface area contributed by atoms with Gasteiger partial charge in [-0.3, -0.25) is 0 Å². The minimum absolute atomic E-state index is 0.552. The predicted molar refractivity (Wildman–Crippen MR) is 73.2 cm³/mol. The topological polar surface area (TPSA) is 16.6 Å². The molecule has 98 valence electrons. The number of rotatable bonds is 3. The second-order valence-corrected chi connectivity index (χ2v) is 6.90. The molecule has 0 bridgehead atoms. The first-order valence-corrected chi connectivity index (χ1v) is 7.30. The van der Waals surface area contributed by atoms with Gasteiger partial charge in [0.15, 0.2) is 0 Å². The van der Waals surface area contributed by atoms with E-state index in [1.807, 2.05) is 0 Å². The molecular weight excluding hydrogens is 206 g/mol. The van der Waals surface area contributed by atoms with Crippen LogP contribution in [0.1, 0.15) is 52.9 Å². The maximum absolute atomic E-state index is 4.39. The largest absolute Gasteiger partial charge is 0.476 e. The van der Waals surface area contributed by atoms with Gasteiger partial charge in [0, 0.05) is 11.8 Å². The van der Waals surface area contributed by atoms with E-state index < -0.39 is 0 Å². The molecule has 0 radical (unpaired) electrons. The fraction of sp³-hybridized carbons (Fsp3) is 0.812. The van der Waals surface area contributed by atoms with Crippen LogP contribution in [-0.2, 0) is 0 Å². The van der Waals surface area contributed by atoms with E-state index in [9.17, 15) is 0 Å². The van der Waals surface area contributed by atoms with Gasteiger partial charge in [0.2, 0.25) is 0 Å². The maximum atomic E-state index is 4.39. The second-order valence-electron chi connectivity index (χ2n) is 6.90. The molecule has 0 aliphatic heterocycles. The highest BCUT2D eigenvalue weighted by atomic mass is 14.9. The molecule has 1 heteroatoms. The van der Waals surface area contributed by atoms with Crippen LogP contribution >= 0.6 is 0 Å². The summed E-state index contributed by atoms with van der Waals surface area (Å²) >= 11 is 0. The van der Waals surface area contributed by atoms with E-state index >= 15 is 0 Å². The zero-order chi connectivity index (χ0) is 12.6. The van der Waals surface area contributed by atoms with E-state index in [2.05, 4.69) is 39.7 Å². The predicted octanol–water partition coefficient (Wildman–Crippen LogP) is 3.14. The van der Waals surface area contributed by atoms with Crippen molar-refractivity contribution in [2.45, 2.75) is 58.9 Å². The number of nitrogens with two attached hydrogens (primary N) is 1. The van der Waals surface area contributed by atoms with Crippen LogP contribution in [0.4, 0.5) is 0 Å². The number of hydrogen-bond acceptors (Lipinski definition) is 0. The summed E-state index contributed by atoms with van der Waals surface area (Å²) in [7, 11) is 4.08. The summed E-state index contributed by atoms with van der Waals surface area (Å²) in [4.78, 5) is 0. The van der Waals surface area contributed by atoms with Crippen molar-refractivity contribution in [1.29, 1.82) is 0 Å². The van der Waals surface area contributed by atoms with Crippen molar-refractivity contribution in [2.24, 2.45) is 23.2 Å². The summed E-state index contributed by atoms with van der Waals surface area (Å²) in [5, 5.41) is 2.21. The Morgan fingerprint density at radius 1 is 1.41 bits per heavy atom. The molecule has 0 aromatic rings. The molecule has 17 heavy (non-hydrogen) atoms. The van der Waals surface area contributed by atoms with E-state index in [0.717, 1.165) is 17.8 Å². The normalized spacial score (nSPS) is 39.5. The highest BCUT2D eigenvalue weighted by molar-refractivity contribution is 5.16. The average molecular weight is 235 g/mol. The van der Waals surface area contributed by atoms with Crippen LogP contribution in [-0.4, -0.2) is 6.04 Å². The van der Waals surface area contributed by atoms with Gasteiger partial charge in [0.05, 0.1) is 6.04 Å². The zero-order valence-corrected chi connectivity index (χ0v) is 11.8. The van der Waals surface area contributed by atoms with Crippen molar-refractivity contribution in [2.75, 3.05) is 0 Å². The standard InChI is InChI=1S/C16H29N/c1-11(2)15(17-5)13-8-10-16(4)9-6-7-12(3)14(13)16/h11,13-15H,3,5-10,17H2,1-2,4H3/t13-,14+,15+,16-/m1/s1. The SMILES string of the molecule is C=C1CCC[C@]2(C)CC[C@@H]([C@@H]([NH2+][CH2-])C(C)C)[C@H]12. The summed E-state index contributed by atoms with van der Waals surface area (Å²) in [5.74, 6) is 2.29. The van der Waals surface area contributed by atoms with Crippen molar-refractivity contribution in [3.8, 4) is 0 Å². The van der Waals surface area contributed by atoms with E-state index in [1.54, 1.807) is 0 Å². The lowest BCUT2D eigenvalue weighted by molar-refractivity contribution is -0.649. The first kappa shape index (κ1) is 13.1. The third kappa shape index (κ3) is 2.19. The van der Waals surface area contributed by atoms with Crippen LogP contribution in [0.25, 0.3) is 0 Å². The molecule has 2 aliphatic rings. The minimum Gasteiger partial charge on any atom is -0.476 e. The molecule has 4 atom stereocenters. The van der Waals surface area contributed by atoms with E-state index in [0.29, 0.717) is 11.5 Å². The number of fused-ring (bicyclic) bond motifs is 1. The average Bonchev–Trinajstić information content (AvgIpc) is 2.58. The van der Waals surface area contributed by atoms with Gasteiger partial charge in [0.1, 0.15) is 0 Å². The van der Waals surface area contributed by atoms with Crippen molar-refractivity contribution >= 4 is 0 Å². The van der Waals surface area contributed by atoms with Crippen LogP contribution in [0.2, 0.25) is 0 Å². The fourth-order valence-corrected chi connectivity index (χ4v) is 4.64. The molecule has 2 N–H and O–H groups in total. The molecule has 0 heterocycles. The van der Waals surface area contributed by atoms with Crippen LogP contribution in [0.5, 0.6) is 0 Å². The Kier molecular flexibility index (Phi) is 3.68. The summed E-state index contributed by atoms with van der Waals surface area (Å²) in [5.41, 5.74) is 2.09. The third-order valence-electron chi connectivity index (χ3n) is 5.45. The number of quaternary nitrogens is 1. The van der Waals surface area contributed by atoms with E-state index in [1.165, 1.54) is 37.7 Å². The smallest absolute Gasteiger partial charge is 0.0677 e. The summed E-state index contributed by atoms with van der Waals surface area (Å²) in [6, 6.07) is 0.677. The lowest BCUT2D eigenvalue weighted by Gasteiger charge is -2.42. The van der Waals surface area contributed by atoms with Gasteiger partial charge in [-0.25, -0.2) is 0 Å². The highest BCUT2D eigenvalue weighted by Crippen LogP contribution is 2.57. The Hall–Kier alpha value is -0.300. The Balaban J connectivity index is 2.22. The first-order valence-electron chi connectivity index (χ1n) is 7.30. The van der Waals surface area contributed by atoms with E-state index in [4.69, 9.17) is 0 Å². The Labute approximate surface area is 107 Å². The van der Waals surface area contributed by atoms with Gasteiger partial charge in [-0.2, -0.15) is 7.05 Å². The van der Waals surface area contributed by atoms with Crippen LogP contribution in [0, 0.1) is 30.2 Å². The zero-order valence-electron chi connectivity index (χ0n) is 11.8. The van der Waals surface area contributed by atoms with Gasteiger partial charge in [-0.05, 0) is 43.4 Å². The highest BCUT2D eigenvalue weighted by Gasteiger charge is 2.50. The van der Waals surface area contributed by atoms with Crippen LogP contribution in [0.3, 0.4) is 0 Å². The minimum atomic E-state index is 0.552. The molecule has 2 rings (SSSR count). The van der Waals surface area contributed by atoms with Gasteiger partial charge in [-0.1, -0.05) is 32.9 Å². The van der Waals surface area contributed by atoms with Crippen molar-refractivity contribution < 1.29 is 5.32 Å². The number of hydrogen-bond donors (Lipinski definition) is 1.